The molecule has 0 aliphatic carbocycles. The number of nitrogens with zero attached hydrogens (tertiary/aromatic N) is 1. The number of hydrogen-bond donors (Lipinski definition) is 0. The molecule has 0 saturated carbocycles. The number of aryl methyl sites for hydroxylation is 1. The molecule has 19 heavy (non-hydrogen) atoms. The van der Waals surface area contributed by atoms with Crippen LogP contribution in [-0.2, 0) is 17.6 Å². The number of carbonyl (C=O) groups is 1. The molecule has 0 spiro atoms. The Balaban J connectivity index is 1.90. The van der Waals surface area contributed by atoms with Gasteiger partial charge in [0, 0.05) is 32.5 Å². The minimum Gasteiger partial charge on any atom is -0.496 e. The second-order valence-electron chi connectivity index (χ2n) is 5.13. The first-order valence-corrected chi connectivity index (χ1v) is 7.12. The molecule has 0 atom stereocenters. The van der Waals surface area contributed by atoms with Gasteiger partial charge in [-0.05, 0) is 30.0 Å². The third-order valence-electron chi connectivity index (χ3n) is 3.86. The van der Waals surface area contributed by atoms with Gasteiger partial charge in [-0.2, -0.15) is 0 Å². The Morgan fingerprint density at radius 2 is 2.00 bits per heavy atom. The molecule has 0 amide bonds. The van der Waals surface area contributed by atoms with E-state index in [2.05, 4.69) is 30.0 Å². The number of benzene rings is 1. The Morgan fingerprint density at radius 3 is 2.63 bits per heavy atom. The quantitative estimate of drug-likeness (QED) is 0.815. The molecule has 1 saturated heterocycles. The fourth-order valence-electron chi connectivity index (χ4n) is 2.58. The van der Waals surface area contributed by atoms with E-state index < -0.39 is 0 Å². The van der Waals surface area contributed by atoms with Crippen molar-refractivity contribution in [3.05, 3.63) is 29.3 Å². The Labute approximate surface area is 115 Å². The SMILES string of the molecule is CCc1cc(CCN2CCC(=O)CC2)ccc1OC. The van der Waals surface area contributed by atoms with Crippen molar-refractivity contribution < 1.29 is 9.53 Å². The summed E-state index contributed by atoms with van der Waals surface area (Å²) in [7, 11) is 1.72. The molecular formula is C16H23NO2. The van der Waals surface area contributed by atoms with E-state index in [0.717, 1.165) is 51.1 Å². The van der Waals surface area contributed by atoms with Crippen LogP contribution >= 0.6 is 0 Å². The summed E-state index contributed by atoms with van der Waals surface area (Å²) in [5.41, 5.74) is 2.63. The zero-order valence-electron chi connectivity index (χ0n) is 11.9. The highest BCUT2D eigenvalue weighted by Crippen LogP contribution is 2.21. The van der Waals surface area contributed by atoms with Crippen molar-refractivity contribution in [2.75, 3.05) is 26.7 Å². The van der Waals surface area contributed by atoms with Crippen LogP contribution in [0.15, 0.2) is 18.2 Å². The van der Waals surface area contributed by atoms with Gasteiger partial charge in [-0.25, -0.2) is 0 Å². The first-order valence-electron chi connectivity index (χ1n) is 7.12. The third kappa shape index (κ3) is 3.80. The number of carbonyl (C=O) groups excluding carboxylic acids is 1. The van der Waals surface area contributed by atoms with Gasteiger partial charge in [0.1, 0.15) is 11.5 Å². The number of piperidine rings is 1. The predicted molar refractivity (Wildman–Crippen MR) is 76.8 cm³/mol. The van der Waals surface area contributed by atoms with Crippen molar-refractivity contribution in [1.82, 2.24) is 4.90 Å². The largest absolute Gasteiger partial charge is 0.496 e. The van der Waals surface area contributed by atoms with Crippen LogP contribution in [-0.4, -0.2) is 37.4 Å². The smallest absolute Gasteiger partial charge is 0.135 e. The lowest BCUT2D eigenvalue weighted by Crippen LogP contribution is -2.35. The number of Topliss-reactive ketones (excluding diaryl/α,β-unsaturated/α-hetero) is 1. The number of rotatable bonds is 5. The minimum atomic E-state index is 0.411. The summed E-state index contributed by atoms with van der Waals surface area (Å²) < 4.78 is 5.35. The zero-order valence-corrected chi connectivity index (χ0v) is 11.9. The van der Waals surface area contributed by atoms with Crippen LogP contribution in [0.3, 0.4) is 0 Å². The fourth-order valence-corrected chi connectivity index (χ4v) is 2.58. The Kier molecular flexibility index (Phi) is 4.97. The molecule has 0 radical (unpaired) electrons. The maximum absolute atomic E-state index is 11.2. The van der Waals surface area contributed by atoms with Gasteiger partial charge in [0.15, 0.2) is 0 Å². The number of methoxy groups -OCH3 is 1. The van der Waals surface area contributed by atoms with Crippen molar-refractivity contribution in [3.8, 4) is 5.75 Å². The zero-order chi connectivity index (χ0) is 13.7. The maximum Gasteiger partial charge on any atom is 0.135 e. The Hall–Kier alpha value is -1.35. The van der Waals surface area contributed by atoms with Crippen molar-refractivity contribution in [1.29, 1.82) is 0 Å². The van der Waals surface area contributed by atoms with E-state index in [-0.39, 0.29) is 0 Å². The molecule has 1 aromatic carbocycles. The second kappa shape index (κ2) is 6.71. The van der Waals surface area contributed by atoms with Crippen molar-refractivity contribution in [2.45, 2.75) is 32.6 Å². The van der Waals surface area contributed by atoms with Crippen LogP contribution < -0.4 is 4.74 Å². The molecule has 3 nitrogen and oxygen atoms in total. The van der Waals surface area contributed by atoms with Gasteiger partial charge in [-0.15, -0.1) is 0 Å². The van der Waals surface area contributed by atoms with Crippen LogP contribution in [0.25, 0.3) is 0 Å². The highest BCUT2D eigenvalue weighted by Gasteiger charge is 2.15. The van der Waals surface area contributed by atoms with Crippen molar-refractivity contribution in [3.63, 3.8) is 0 Å². The highest BCUT2D eigenvalue weighted by atomic mass is 16.5. The fraction of sp³-hybridized carbons (Fsp3) is 0.562. The number of likely N-dealkylation sites (tertiary alicyclic amines) is 1. The van der Waals surface area contributed by atoms with Gasteiger partial charge in [0.25, 0.3) is 0 Å². The molecule has 1 fully saturated rings. The van der Waals surface area contributed by atoms with Crippen LogP contribution in [0, 0.1) is 0 Å². The molecule has 1 aromatic rings. The van der Waals surface area contributed by atoms with Crippen LogP contribution in [0.5, 0.6) is 5.75 Å². The Bertz CT molecular complexity index is 432. The minimum absolute atomic E-state index is 0.411. The summed E-state index contributed by atoms with van der Waals surface area (Å²) in [6.45, 7) is 5.05. The van der Waals surface area contributed by atoms with Gasteiger partial charge < -0.3 is 9.64 Å². The predicted octanol–water partition coefficient (Wildman–Crippen LogP) is 2.47. The summed E-state index contributed by atoms with van der Waals surface area (Å²) in [5, 5.41) is 0. The molecule has 3 heteroatoms. The topological polar surface area (TPSA) is 29.5 Å². The average molecular weight is 261 g/mol. The maximum atomic E-state index is 11.2. The standard InChI is InChI=1S/C16H23NO2/c1-3-14-12-13(4-5-16(14)19-2)6-9-17-10-7-15(18)8-11-17/h4-5,12H,3,6-11H2,1-2H3. The van der Waals surface area contributed by atoms with Gasteiger partial charge in [0.2, 0.25) is 0 Å². The molecule has 104 valence electrons. The van der Waals surface area contributed by atoms with Gasteiger partial charge >= 0.3 is 0 Å². The van der Waals surface area contributed by atoms with Crippen molar-refractivity contribution in [2.24, 2.45) is 0 Å². The lowest BCUT2D eigenvalue weighted by Gasteiger charge is -2.25. The molecule has 0 aromatic heterocycles. The van der Waals surface area contributed by atoms with E-state index in [1.165, 1.54) is 11.1 Å². The van der Waals surface area contributed by atoms with E-state index in [0.29, 0.717) is 5.78 Å². The summed E-state index contributed by atoms with van der Waals surface area (Å²) in [6.07, 6.45) is 3.49. The first-order chi connectivity index (χ1) is 9.22. The monoisotopic (exact) mass is 261 g/mol. The molecular weight excluding hydrogens is 238 g/mol. The summed E-state index contributed by atoms with van der Waals surface area (Å²) in [6, 6.07) is 6.45. The van der Waals surface area contributed by atoms with Crippen LogP contribution in [0.4, 0.5) is 0 Å². The first kappa shape index (κ1) is 14.1. The summed E-state index contributed by atoms with van der Waals surface area (Å²) in [5.74, 6) is 1.39. The van der Waals surface area contributed by atoms with E-state index in [1.807, 2.05) is 0 Å². The lowest BCUT2D eigenvalue weighted by atomic mass is 10.0. The molecule has 0 N–H and O–H groups in total. The summed E-state index contributed by atoms with van der Waals surface area (Å²) >= 11 is 0. The van der Waals surface area contributed by atoms with Crippen molar-refractivity contribution >= 4 is 5.78 Å². The second-order valence-corrected chi connectivity index (χ2v) is 5.13. The highest BCUT2D eigenvalue weighted by molar-refractivity contribution is 5.79. The van der Waals surface area contributed by atoms with E-state index in [1.54, 1.807) is 7.11 Å². The van der Waals surface area contributed by atoms with Gasteiger partial charge in [-0.3, -0.25) is 4.79 Å². The number of ketones is 1. The number of ether oxygens (including phenoxy) is 1. The molecule has 1 aliphatic rings. The van der Waals surface area contributed by atoms with E-state index in [4.69, 9.17) is 4.74 Å². The number of hydrogen-bond acceptors (Lipinski definition) is 3. The normalized spacial score (nSPS) is 16.6. The Morgan fingerprint density at radius 1 is 1.26 bits per heavy atom. The van der Waals surface area contributed by atoms with E-state index in [9.17, 15) is 4.79 Å². The van der Waals surface area contributed by atoms with E-state index >= 15 is 0 Å². The molecule has 0 unspecified atom stereocenters. The van der Waals surface area contributed by atoms with Crippen LogP contribution in [0.2, 0.25) is 0 Å². The molecule has 0 bridgehead atoms. The summed E-state index contributed by atoms with van der Waals surface area (Å²) in [4.78, 5) is 13.6. The molecule has 1 aliphatic heterocycles. The third-order valence-corrected chi connectivity index (χ3v) is 3.86. The van der Waals surface area contributed by atoms with Gasteiger partial charge in [-0.1, -0.05) is 19.1 Å². The molecule has 2 rings (SSSR count). The lowest BCUT2D eigenvalue weighted by molar-refractivity contribution is -0.121. The molecule has 1 heterocycles. The van der Waals surface area contributed by atoms with Gasteiger partial charge in [0.05, 0.1) is 7.11 Å². The average Bonchev–Trinajstić information content (AvgIpc) is 2.46. The van der Waals surface area contributed by atoms with Crippen LogP contribution in [0.1, 0.15) is 30.9 Å².